The summed E-state index contributed by atoms with van der Waals surface area (Å²) in [5.41, 5.74) is -3.70. The van der Waals surface area contributed by atoms with Gasteiger partial charge < -0.3 is 5.11 Å². The summed E-state index contributed by atoms with van der Waals surface area (Å²) >= 11 is 0. The van der Waals surface area contributed by atoms with Crippen LogP contribution >= 0.6 is 0 Å². The smallest absolute Gasteiger partial charge is 0.380 e. The molecule has 1 nitrogen and oxygen atoms in total. The van der Waals surface area contributed by atoms with Gasteiger partial charge in [-0.25, -0.2) is 0 Å². The molecule has 0 bridgehead atoms. The maximum absolute atomic E-state index is 12.1. The summed E-state index contributed by atoms with van der Waals surface area (Å²) in [6, 6.07) is 0. The number of halogens is 6. The second-order valence-corrected chi connectivity index (χ2v) is 3.37. The molecule has 0 saturated heterocycles. The van der Waals surface area contributed by atoms with Crippen LogP contribution in [0.5, 0.6) is 0 Å². The van der Waals surface area contributed by atoms with Gasteiger partial charge in [0, 0.05) is 0 Å². The van der Waals surface area contributed by atoms with E-state index in [0.717, 1.165) is 13.8 Å². The number of alkyl halides is 6. The maximum Gasteiger partial charge on any atom is 0.417 e. The van der Waals surface area contributed by atoms with Gasteiger partial charge in [-0.3, -0.25) is 0 Å². The highest BCUT2D eigenvalue weighted by molar-refractivity contribution is 4.91. The molecule has 1 unspecified atom stereocenters. The van der Waals surface area contributed by atoms with E-state index in [1.165, 1.54) is 0 Å². The number of hydrogen-bond donors (Lipinski definition) is 1. The Balaban J connectivity index is 4.94. The Morgan fingerprint density at radius 1 is 1.00 bits per heavy atom. The Kier molecular flexibility index (Phi) is 3.48. The van der Waals surface area contributed by atoms with Crippen molar-refractivity contribution in [3.8, 4) is 0 Å². The zero-order valence-corrected chi connectivity index (χ0v) is 7.50. The molecule has 0 heterocycles. The molecule has 0 spiro atoms. The average Bonchev–Trinajstić information content (AvgIpc) is 1.79. The second-order valence-electron chi connectivity index (χ2n) is 3.37. The SMILES string of the molecule is CC(C)C(O)(CC(F)(F)F)C(F)(F)F. The summed E-state index contributed by atoms with van der Waals surface area (Å²) in [4.78, 5) is 0. The summed E-state index contributed by atoms with van der Waals surface area (Å²) < 4.78 is 71.8. The van der Waals surface area contributed by atoms with Crippen LogP contribution in [-0.4, -0.2) is 23.1 Å². The van der Waals surface area contributed by atoms with Crippen LogP contribution in [0, 0.1) is 5.92 Å². The molecule has 0 rings (SSSR count). The third-order valence-electron chi connectivity index (χ3n) is 1.92. The maximum atomic E-state index is 12.1. The predicted molar refractivity (Wildman–Crippen MR) is 36.5 cm³/mol. The predicted octanol–water partition coefficient (Wildman–Crippen LogP) is 2.89. The Labute approximate surface area is 76.7 Å². The molecule has 0 aromatic carbocycles. The van der Waals surface area contributed by atoms with Crippen molar-refractivity contribution in [2.24, 2.45) is 5.92 Å². The van der Waals surface area contributed by atoms with Gasteiger partial charge in [0.25, 0.3) is 0 Å². The lowest BCUT2D eigenvalue weighted by atomic mass is 9.86. The molecule has 0 aliphatic carbocycles. The first kappa shape index (κ1) is 13.5. The first-order valence-corrected chi connectivity index (χ1v) is 3.76. The minimum atomic E-state index is -5.28. The van der Waals surface area contributed by atoms with Crippen LogP contribution in [0.4, 0.5) is 26.3 Å². The van der Waals surface area contributed by atoms with Gasteiger partial charge in [0.05, 0.1) is 6.42 Å². The first-order chi connectivity index (χ1) is 5.90. The molecule has 1 N–H and O–H groups in total. The van der Waals surface area contributed by atoms with E-state index in [-0.39, 0.29) is 0 Å². The van der Waals surface area contributed by atoms with Crippen molar-refractivity contribution in [3.05, 3.63) is 0 Å². The minimum Gasteiger partial charge on any atom is -0.380 e. The van der Waals surface area contributed by atoms with Gasteiger partial charge in [-0.15, -0.1) is 0 Å². The lowest BCUT2D eigenvalue weighted by Gasteiger charge is -2.34. The molecular formula is C7H10F6O. The molecule has 86 valence electrons. The fraction of sp³-hybridized carbons (Fsp3) is 1.00. The molecule has 14 heavy (non-hydrogen) atoms. The van der Waals surface area contributed by atoms with Crippen molar-refractivity contribution in [2.45, 2.75) is 38.2 Å². The van der Waals surface area contributed by atoms with Crippen LogP contribution in [-0.2, 0) is 0 Å². The third-order valence-corrected chi connectivity index (χ3v) is 1.92. The standard InChI is InChI=1S/C7H10F6O/c1-4(2)5(14,7(11,12)13)3-6(8,9)10/h4,14H,3H2,1-2H3. The molecular weight excluding hydrogens is 214 g/mol. The minimum absolute atomic E-state index is 0.888. The number of rotatable bonds is 2. The van der Waals surface area contributed by atoms with Gasteiger partial charge in [0.15, 0.2) is 5.60 Å². The molecule has 7 heteroatoms. The van der Waals surface area contributed by atoms with Gasteiger partial charge >= 0.3 is 12.4 Å². The van der Waals surface area contributed by atoms with Crippen LogP contribution in [0.2, 0.25) is 0 Å². The van der Waals surface area contributed by atoms with E-state index < -0.39 is 30.3 Å². The lowest BCUT2D eigenvalue weighted by molar-refractivity contribution is -0.307. The summed E-state index contributed by atoms with van der Waals surface area (Å²) in [5.74, 6) is -1.55. The van der Waals surface area contributed by atoms with E-state index in [9.17, 15) is 26.3 Å². The van der Waals surface area contributed by atoms with E-state index in [4.69, 9.17) is 5.11 Å². The number of aliphatic hydroxyl groups is 1. The van der Waals surface area contributed by atoms with Crippen molar-refractivity contribution in [3.63, 3.8) is 0 Å². The van der Waals surface area contributed by atoms with Crippen LogP contribution in [0.25, 0.3) is 0 Å². The molecule has 0 amide bonds. The summed E-state index contributed by atoms with van der Waals surface area (Å²) in [6.07, 6.45) is -12.6. The fourth-order valence-electron chi connectivity index (χ4n) is 0.937. The highest BCUT2D eigenvalue weighted by Gasteiger charge is 2.60. The molecule has 0 aromatic heterocycles. The van der Waals surface area contributed by atoms with Crippen LogP contribution in [0.15, 0.2) is 0 Å². The monoisotopic (exact) mass is 224 g/mol. The van der Waals surface area contributed by atoms with Gasteiger partial charge in [-0.2, -0.15) is 26.3 Å². The van der Waals surface area contributed by atoms with Crippen LogP contribution < -0.4 is 0 Å². The van der Waals surface area contributed by atoms with E-state index in [1.807, 2.05) is 0 Å². The molecule has 1 atom stereocenters. The number of hydrogen-bond acceptors (Lipinski definition) is 1. The normalized spacial score (nSPS) is 18.4. The Morgan fingerprint density at radius 2 is 1.36 bits per heavy atom. The Morgan fingerprint density at radius 3 is 1.43 bits per heavy atom. The van der Waals surface area contributed by atoms with Crippen molar-refractivity contribution in [1.82, 2.24) is 0 Å². The van der Waals surface area contributed by atoms with Crippen LogP contribution in [0.1, 0.15) is 20.3 Å². The third kappa shape index (κ3) is 3.04. The van der Waals surface area contributed by atoms with Gasteiger partial charge in [-0.1, -0.05) is 13.8 Å². The van der Waals surface area contributed by atoms with Gasteiger partial charge in [-0.05, 0) is 5.92 Å². The highest BCUT2D eigenvalue weighted by Crippen LogP contribution is 2.43. The molecule has 0 fully saturated rings. The molecule has 0 saturated carbocycles. The van der Waals surface area contributed by atoms with Crippen molar-refractivity contribution >= 4 is 0 Å². The van der Waals surface area contributed by atoms with Gasteiger partial charge in [0.1, 0.15) is 0 Å². The topological polar surface area (TPSA) is 20.2 Å². The summed E-state index contributed by atoms with van der Waals surface area (Å²) in [7, 11) is 0. The van der Waals surface area contributed by atoms with Crippen molar-refractivity contribution in [2.75, 3.05) is 0 Å². The van der Waals surface area contributed by atoms with Crippen molar-refractivity contribution < 1.29 is 31.4 Å². The molecule has 0 radical (unpaired) electrons. The Hall–Kier alpha value is -0.460. The zero-order chi connectivity index (χ0) is 11.8. The summed E-state index contributed by atoms with van der Waals surface area (Å²) in [5, 5.41) is 8.92. The molecule has 0 aromatic rings. The lowest BCUT2D eigenvalue weighted by Crippen LogP contribution is -2.52. The summed E-state index contributed by atoms with van der Waals surface area (Å²) in [6.45, 7) is 1.78. The first-order valence-electron chi connectivity index (χ1n) is 3.76. The fourth-order valence-corrected chi connectivity index (χ4v) is 0.937. The molecule has 0 aliphatic rings. The second kappa shape index (κ2) is 3.60. The van der Waals surface area contributed by atoms with E-state index in [0.29, 0.717) is 0 Å². The van der Waals surface area contributed by atoms with Gasteiger partial charge in [0.2, 0.25) is 0 Å². The van der Waals surface area contributed by atoms with Crippen molar-refractivity contribution in [1.29, 1.82) is 0 Å². The Bertz CT molecular complexity index is 193. The van der Waals surface area contributed by atoms with E-state index in [1.54, 1.807) is 0 Å². The largest absolute Gasteiger partial charge is 0.417 e. The van der Waals surface area contributed by atoms with E-state index in [2.05, 4.69) is 0 Å². The quantitative estimate of drug-likeness (QED) is 0.715. The van der Waals surface area contributed by atoms with E-state index >= 15 is 0 Å². The highest BCUT2D eigenvalue weighted by atomic mass is 19.4. The van der Waals surface area contributed by atoms with Crippen LogP contribution in [0.3, 0.4) is 0 Å². The zero-order valence-electron chi connectivity index (χ0n) is 7.50. The average molecular weight is 224 g/mol. The molecule has 0 aliphatic heterocycles.